The van der Waals surface area contributed by atoms with Gasteiger partial charge in [-0.25, -0.2) is 9.18 Å². The number of nitrogens with one attached hydrogen (secondary N) is 2. The van der Waals surface area contributed by atoms with Crippen molar-refractivity contribution in [2.75, 3.05) is 6.54 Å². The Morgan fingerprint density at radius 3 is 2.57 bits per heavy atom. The van der Waals surface area contributed by atoms with Crippen molar-refractivity contribution < 1.29 is 9.18 Å². The molecule has 0 spiro atoms. The van der Waals surface area contributed by atoms with E-state index in [0.717, 1.165) is 30.9 Å². The number of aromatic nitrogens is 2. The molecule has 1 aromatic heterocycles. The van der Waals surface area contributed by atoms with Crippen LogP contribution in [0.25, 0.3) is 0 Å². The maximum Gasteiger partial charge on any atom is 0.326 e. The Labute approximate surface area is 131 Å². The molecular weight excluding hydrogens is 301 g/mol. The van der Waals surface area contributed by atoms with Crippen LogP contribution in [0.5, 0.6) is 0 Å². The Hall–Kier alpha value is -2.70. The first-order chi connectivity index (χ1) is 11.0. The number of halogens is 1. The van der Waals surface area contributed by atoms with Crippen molar-refractivity contribution >= 4 is 5.91 Å². The van der Waals surface area contributed by atoms with Gasteiger partial charge in [0, 0.05) is 12.6 Å². The van der Waals surface area contributed by atoms with E-state index in [2.05, 4.69) is 4.98 Å². The second-order valence-electron chi connectivity index (χ2n) is 5.56. The summed E-state index contributed by atoms with van der Waals surface area (Å²) in [6.45, 7) is 0.524. The number of nitrogens with zero attached hydrogens (tertiary/aromatic N) is 1. The maximum atomic E-state index is 13.1. The Balaban J connectivity index is 1.94. The highest BCUT2D eigenvalue weighted by Gasteiger charge is 2.29. The zero-order chi connectivity index (χ0) is 16.4. The first-order valence-corrected chi connectivity index (χ1v) is 7.45. The third-order valence-electron chi connectivity index (χ3n) is 4.01. The normalized spacial score (nSPS) is 18.0. The average Bonchev–Trinajstić information content (AvgIpc) is 2.54. The van der Waals surface area contributed by atoms with E-state index >= 15 is 0 Å². The summed E-state index contributed by atoms with van der Waals surface area (Å²) in [5.41, 5.74) is -0.525. The van der Waals surface area contributed by atoms with Gasteiger partial charge in [0.05, 0.1) is 6.04 Å². The van der Waals surface area contributed by atoms with Crippen LogP contribution in [-0.2, 0) is 0 Å². The maximum absolute atomic E-state index is 13.1. The number of carbonyl (C=O) groups excluding carboxylic acids is 1. The Morgan fingerprint density at radius 2 is 1.87 bits per heavy atom. The van der Waals surface area contributed by atoms with Crippen molar-refractivity contribution in [1.29, 1.82) is 0 Å². The molecule has 23 heavy (non-hydrogen) atoms. The fourth-order valence-electron chi connectivity index (χ4n) is 2.94. The quantitative estimate of drug-likeness (QED) is 0.881. The van der Waals surface area contributed by atoms with Gasteiger partial charge < -0.3 is 9.88 Å². The highest BCUT2D eigenvalue weighted by molar-refractivity contribution is 5.92. The van der Waals surface area contributed by atoms with Crippen LogP contribution in [0.3, 0.4) is 0 Å². The molecule has 2 aromatic rings. The summed E-state index contributed by atoms with van der Waals surface area (Å²) >= 11 is 0. The van der Waals surface area contributed by atoms with Gasteiger partial charge in [-0.05, 0) is 37.0 Å². The number of benzene rings is 1. The smallest absolute Gasteiger partial charge is 0.326 e. The summed E-state index contributed by atoms with van der Waals surface area (Å²) in [6, 6.07) is 6.93. The molecule has 1 aromatic carbocycles. The molecule has 1 atom stereocenters. The van der Waals surface area contributed by atoms with Crippen LogP contribution >= 0.6 is 0 Å². The molecule has 0 bridgehead atoms. The third-order valence-corrected chi connectivity index (χ3v) is 4.01. The van der Waals surface area contributed by atoms with Crippen LogP contribution < -0.4 is 11.2 Å². The second kappa shape index (κ2) is 6.20. The Kier molecular flexibility index (Phi) is 4.10. The van der Waals surface area contributed by atoms with E-state index in [4.69, 9.17) is 0 Å². The number of hydrogen-bond donors (Lipinski definition) is 2. The lowest BCUT2D eigenvalue weighted by Crippen LogP contribution is -2.40. The molecule has 120 valence electrons. The summed E-state index contributed by atoms with van der Waals surface area (Å²) in [4.78, 5) is 41.5. The molecule has 3 rings (SSSR count). The summed E-state index contributed by atoms with van der Waals surface area (Å²) in [5.74, 6) is -0.733. The number of aromatic amines is 2. The Morgan fingerprint density at radius 1 is 1.13 bits per heavy atom. The molecule has 0 aliphatic carbocycles. The minimum absolute atomic E-state index is 0.0345. The van der Waals surface area contributed by atoms with E-state index in [-0.39, 0.29) is 17.6 Å². The largest absolute Gasteiger partial charge is 0.330 e. The zero-order valence-electron chi connectivity index (χ0n) is 12.3. The first-order valence-electron chi connectivity index (χ1n) is 7.45. The lowest BCUT2D eigenvalue weighted by molar-refractivity contribution is 0.0604. The topological polar surface area (TPSA) is 86.0 Å². The van der Waals surface area contributed by atoms with E-state index in [1.165, 1.54) is 12.1 Å². The van der Waals surface area contributed by atoms with Gasteiger partial charge in [-0.1, -0.05) is 12.1 Å². The fourth-order valence-corrected chi connectivity index (χ4v) is 2.94. The molecule has 1 aliphatic rings. The monoisotopic (exact) mass is 317 g/mol. The predicted molar refractivity (Wildman–Crippen MR) is 81.7 cm³/mol. The lowest BCUT2D eigenvalue weighted by Gasteiger charge is -2.36. The molecule has 1 fully saturated rings. The van der Waals surface area contributed by atoms with Gasteiger partial charge in [0.15, 0.2) is 0 Å². The molecule has 6 nitrogen and oxygen atoms in total. The molecule has 2 N–H and O–H groups in total. The van der Waals surface area contributed by atoms with Crippen LogP contribution in [0.15, 0.2) is 39.9 Å². The molecule has 0 saturated carbocycles. The molecule has 1 saturated heterocycles. The van der Waals surface area contributed by atoms with Gasteiger partial charge in [0.1, 0.15) is 11.5 Å². The third kappa shape index (κ3) is 3.23. The second-order valence-corrected chi connectivity index (χ2v) is 5.56. The zero-order valence-corrected chi connectivity index (χ0v) is 12.3. The van der Waals surface area contributed by atoms with Crippen molar-refractivity contribution in [2.24, 2.45) is 0 Å². The fraction of sp³-hybridized carbons (Fsp3) is 0.312. The van der Waals surface area contributed by atoms with Crippen molar-refractivity contribution in [3.63, 3.8) is 0 Å². The predicted octanol–water partition coefficient (Wildman–Crippen LogP) is 1.57. The molecule has 1 amide bonds. The standard InChI is InChI=1S/C16H16FN3O3/c17-11-6-4-10(5-7-11)13-3-1-2-8-20(13)15(22)12-9-14(21)19-16(23)18-12/h4-7,9,13H,1-3,8H2,(H2,18,19,21,23)/t13-/m1/s1. The lowest BCUT2D eigenvalue weighted by atomic mass is 9.95. The molecule has 7 heteroatoms. The van der Waals surface area contributed by atoms with Crippen LogP contribution in [0, 0.1) is 5.82 Å². The van der Waals surface area contributed by atoms with E-state index in [0.29, 0.717) is 6.54 Å². The van der Waals surface area contributed by atoms with Gasteiger partial charge in [-0.15, -0.1) is 0 Å². The van der Waals surface area contributed by atoms with Gasteiger partial charge in [0.25, 0.3) is 11.5 Å². The van der Waals surface area contributed by atoms with Crippen LogP contribution in [0.4, 0.5) is 4.39 Å². The Bertz CT molecular complexity index is 797. The molecule has 2 heterocycles. The SMILES string of the molecule is O=C(c1cc(=O)[nH]c(=O)[nH]1)N1CCCC[C@@H]1c1ccc(F)cc1. The summed E-state index contributed by atoms with van der Waals surface area (Å²) in [6.07, 6.45) is 2.55. The van der Waals surface area contributed by atoms with Crippen LogP contribution in [-0.4, -0.2) is 27.3 Å². The number of H-pyrrole nitrogens is 2. The number of rotatable bonds is 2. The van der Waals surface area contributed by atoms with Crippen molar-refractivity contribution in [3.05, 3.63) is 68.2 Å². The molecular formula is C16H16FN3O3. The van der Waals surface area contributed by atoms with Crippen LogP contribution in [0.2, 0.25) is 0 Å². The molecule has 0 radical (unpaired) electrons. The minimum atomic E-state index is -0.712. The van der Waals surface area contributed by atoms with Gasteiger partial charge >= 0.3 is 5.69 Å². The number of amides is 1. The van der Waals surface area contributed by atoms with E-state index in [1.54, 1.807) is 17.0 Å². The summed E-state index contributed by atoms with van der Waals surface area (Å²) in [7, 11) is 0. The van der Waals surface area contributed by atoms with Gasteiger partial charge in [-0.3, -0.25) is 14.6 Å². The van der Waals surface area contributed by atoms with Crippen LogP contribution in [0.1, 0.15) is 41.4 Å². The van der Waals surface area contributed by atoms with Crippen molar-refractivity contribution in [2.45, 2.75) is 25.3 Å². The number of likely N-dealkylation sites (tertiary alicyclic amines) is 1. The molecule has 1 aliphatic heterocycles. The summed E-state index contributed by atoms with van der Waals surface area (Å²) < 4.78 is 13.1. The van der Waals surface area contributed by atoms with E-state index in [1.807, 2.05) is 4.98 Å². The van der Waals surface area contributed by atoms with Gasteiger partial charge in [-0.2, -0.15) is 0 Å². The number of piperidine rings is 1. The highest BCUT2D eigenvalue weighted by Crippen LogP contribution is 2.31. The number of carbonyl (C=O) groups is 1. The molecule has 0 unspecified atom stereocenters. The van der Waals surface area contributed by atoms with Gasteiger partial charge in [0.2, 0.25) is 0 Å². The summed E-state index contributed by atoms with van der Waals surface area (Å²) in [5, 5.41) is 0. The average molecular weight is 317 g/mol. The first kappa shape index (κ1) is 15.2. The van der Waals surface area contributed by atoms with Crippen molar-refractivity contribution in [1.82, 2.24) is 14.9 Å². The highest BCUT2D eigenvalue weighted by atomic mass is 19.1. The number of hydrogen-bond acceptors (Lipinski definition) is 3. The van der Waals surface area contributed by atoms with E-state index in [9.17, 15) is 18.8 Å². The minimum Gasteiger partial charge on any atom is -0.330 e. The van der Waals surface area contributed by atoms with E-state index < -0.39 is 17.2 Å². The van der Waals surface area contributed by atoms with Crippen molar-refractivity contribution in [3.8, 4) is 0 Å².